The fraction of sp³-hybridized carbons (Fsp3) is 0.182. The Hall–Kier alpha value is -2.94. The molecule has 0 radical (unpaired) electrons. The van der Waals surface area contributed by atoms with Crippen molar-refractivity contribution < 1.29 is 4.79 Å². The molecule has 1 aliphatic rings. The van der Waals surface area contributed by atoms with Crippen molar-refractivity contribution in [1.29, 1.82) is 0 Å². The van der Waals surface area contributed by atoms with Crippen LogP contribution in [0.4, 0.5) is 5.69 Å². The number of nitrogens with one attached hydrogen (secondary N) is 1. The van der Waals surface area contributed by atoms with E-state index < -0.39 is 0 Å². The van der Waals surface area contributed by atoms with Crippen molar-refractivity contribution in [2.24, 2.45) is 0 Å². The van der Waals surface area contributed by atoms with E-state index in [9.17, 15) is 4.79 Å². The van der Waals surface area contributed by atoms with Gasteiger partial charge in [0.1, 0.15) is 0 Å². The Labute approximate surface area is 147 Å². The standard InChI is InChI=1S/C22H20N2O/c1-15-20(18-9-10-19-13-22(25)24-21(19)12-18)11-17(14-23-15)8-7-16-5-3-2-4-6-16/h2-6,9-12,14H,7-8,13H2,1H3,(H,24,25). The van der Waals surface area contributed by atoms with E-state index in [-0.39, 0.29) is 5.91 Å². The van der Waals surface area contributed by atoms with E-state index in [1.807, 2.05) is 25.3 Å². The quantitative estimate of drug-likeness (QED) is 0.774. The van der Waals surface area contributed by atoms with Gasteiger partial charge in [-0.15, -0.1) is 0 Å². The molecule has 4 rings (SSSR count). The van der Waals surface area contributed by atoms with Crippen LogP contribution in [-0.4, -0.2) is 10.9 Å². The number of hydrogen-bond donors (Lipinski definition) is 1. The fourth-order valence-corrected chi connectivity index (χ4v) is 3.32. The number of fused-ring (bicyclic) bond motifs is 1. The van der Waals surface area contributed by atoms with Gasteiger partial charge < -0.3 is 5.32 Å². The number of benzene rings is 2. The molecule has 2 heterocycles. The van der Waals surface area contributed by atoms with Gasteiger partial charge in [-0.05, 0) is 54.2 Å². The van der Waals surface area contributed by atoms with Gasteiger partial charge in [-0.3, -0.25) is 9.78 Å². The molecule has 25 heavy (non-hydrogen) atoms. The van der Waals surface area contributed by atoms with Crippen LogP contribution < -0.4 is 5.32 Å². The van der Waals surface area contributed by atoms with Crippen molar-refractivity contribution in [2.75, 3.05) is 5.32 Å². The number of anilines is 1. The maximum absolute atomic E-state index is 11.6. The second-order valence-corrected chi connectivity index (χ2v) is 6.56. The van der Waals surface area contributed by atoms with Crippen molar-refractivity contribution in [2.45, 2.75) is 26.2 Å². The Morgan fingerprint density at radius 1 is 1.00 bits per heavy atom. The number of carbonyl (C=O) groups excluding carboxylic acids is 1. The summed E-state index contributed by atoms with van der Waals surface area (Å²) in [6, 6.07) is 18.9. The number of nitrogens with zero attached hydrogens (tertiary/aromatic N) is 1. The summed E-state index contributed by atoms with van der Waals surface area (Å²) in [6.45, 7) is 2.03. The third-order valence-electron chi connectivity index (χ3n) is 4.73. The van der Waals surface area contributed by atoms with Gasteiger partial charge in [0.05, 0.1) is 6.42 Å². The first kappa shape index (κ1) is 15.6. The van der Waals surface area contributed by atoms with Crippen LogP contribution in [0, 0.1) is 6.92 Å². The Kier molecular flexibility index (Phi) is 4.06. The Morgan fingerprint density at radius 3 is 2.64 bits per heavy atom. The van der Waals surface area contributed by atoms with Gasteiger partial charge in [-0.1, -0.05) is 42.5 Å². The average Bonchev–Trinajstić information content (AvgIpc) is 3.01. The first-order valence-corrected chi connectivity index (χ1v) is 8.61. The number of hydrogen-bond acceptors (Lipinski definition) is 2. The summed E-state index contributed by atoms with van der Waals surface area (Å²) < 4.78 is 0. The molecule has 2 aromatic carbocycles. The lowest BCUT2D eigenvalue weighted by molar-refractivity contribution is -0.115. The number of amides is 1. The number of aryl methyl sites for hydroxylation is 3. The summed E-state index contributed by atoms with van der Waals surface area (Å²) in [5, 5.41) is 2.93. The Morgan fingerprint density at radius 2 is 1.80 bits per heavy atom. The number of aromatic nitrogens is 1. The number of rotatable bonds is 4. The van der Waals surface area contributed by atoms with Crippen LogP contribution in [0.15, 0.2) is 60.8 Å². The van der Waals surface area contributed by atoms with Gasteiger partial charge >= 0.3 is 0 Å². The lowest BCUT2D eigenvalue weighted by Crippen LogP contribution is -2.03. The molecule has 1 amide bonds. The van der Waals surface area contributed by atoms with E-state index in [0.29, 0.717) is 6.42 Å². The molecule has 3 aromatic rings. The molecular weight excluding hydrogens is 308 g/mol. The first-order chi connectivity index (χ1) is 12.2. The highest BCUT2D eigenvalue weighted by molar-refractivity contribution is 6.00. The zero-order chi connectivity index (χ0) is 17.2. The molecule has 1 aliphatic heterocycles. The smallest absolute Gasteiger partial charge is 0.228 e. The van der Waals surface area contributed by atoms with Crippen molar-refractivity contribution in [3.63, 3.8) is 0 Å². The van der Waals surface area contributed by atoms with Crippen LogP contribution in [0.1, 0.15) is 22.4 Å². The molecule has 0 spiro atoms. The summed E-state index contributed by atoms with van der Waals surface area (Å²) in [5.74, 6) is 0.0682. The van der Waals surface area contributed by atoms with E-state index >= 15 is 0 Å². The minimum Gasteiger partial charge on any atom is -0.326 e. The molecule has 0 unspecified atom stereocenters. The van der Waals surface area contributed by atoms with Crippen LogP contribution >= 0.6 is 0 Å². The number of pyridine rings is 1. The predicted octanol–water partition coefficient (Wildman–Crippen LogP) is 4.34. The van der Waals surface area contributed by atoms with E-state index in [1.165, 1.54) is 11.1 Å². The topological polar surface area (TPSA) is 42.0 Å². The van der Waals surface area contributed by atoms with Gasteiger partial charge in [0.25, 0.3) is 0 Å². The van der Waals surface area contributed by atoms with E-state index in [4.69, 9.17) is 0 Å². The van der Waals surface area contributed by atoms with Crippen LogP contribution in [0.25, 0.3) is 11.1 Å². The molecular formula is C22H20N2O. The molecule has 1 aromatic heterocycles. The van der Waals surface area contributed by atoms with Gasteiger partial charge in [-0.25, -0.2) is 0 Å². The molecule has 0 bridgehead atoms. The summed E-state index contributed by atoms with van der Waals surface area (Å²) >= 11 is 0. The molecule has 0 saturated carbocycles. The van der Waals surface area contributed by atoms with Crippen LogP contribution in [0.3, 0.4) is 0 Å². The Balaban J connectivity index is 1.60. The first-order valence-electron chi connectivity index (χ1n) is 8.61. The SMILES string of the molecule is Cc1ncc(CCc2ccccc2)cc1-c1ccc2c(c1)NC(=O)C2. The maximum atomic E-state index is 11.6. The predicted molar refractivity (Wildman–Crippen MR) is 101 cm³/mol. The second kappa shape index (κ2) is 6.52. The minimum absolute atomic E-state index is 0.0682. The molecule has 0 atom stereocenters. The molecule has 1 N–H and O–H groups in total. The second-order valence-electron chi connectivity index (χ2n) is 6.56. The Bertz CT molecular complexity index is 932. The lowest BCUT2D eigenvalue weighted by Gasteiger charge is -2.10. The lowest BCUT2D eigenvalue weighted by atomic mass is 9.98. The van der Waals surface area contributed by atoms with E-state index in [1.54, 1.807) is 0 Å². The summed E-state index contributed by atoms with van der Waals surface area (Å²) in [6.07, 6.45) is 4.41. The zero-order valence-electron chi connectivity index (χ0n) is 14.3. The molecule has 0 saturated heterocycles. The third kappa shape index (κ3) is 3.31. The highest BCUT2D eigenvalue weighted by Gasteiger charge is 2.18. The van der Waals surface area contributed by atoms with E-state index in [2.05, 4.69) is 52.8 Å². The summed E-state index contributed by atoms with van der Waals surface area (Å²) in [5.41, 5.74) is 7.81. The average molecular weight is 328 g/mol. The van der Waals surface area contributed by atoms with Gasteiger partial charge in [-0.2, -0.15) is 0 Å². The highest BCUT2D eigenvalue weighted by atomic mass is 16.1. The summed E-state index contributed by atoms with van der Waals surface area (Å²) in [4.78, 5) is 16.2. The number of carbonyl (C=O) groups is 1. The molecule has 3 heteroatoms. The molecule has 124 valence electrons. The maximum Gasteiger partial charge on any atom is 0.228 e. The monoisotopic (exact) mass is 328 g/mol. The fourth-order valence-electron chi connectivity index (χ4n) is 3.32. The summed E-state index contributed by atoms with van der Waals surface area (Å²) in [7, 11) is 0. The van der Waals surface area contributed by atoms with Gasteiger partial charge in [0, 0.05) is 23.1 Å². The third-order valence-corrected chi connectivity index (χ3v) is 4.73. The molecule has 0 aliphatic carbocycles. The van der Waals surface area contributed by atoms with Crippen LogP contribution in [0.5, 0.6) is 0 Å². The van der Waals surface area contributed by atoms with Crippen molar-refractivity contribution in [1.82, 2.24) is 4.98 Å². The largest absolute Gasteiger partial charge is 0.326 e. The van der Waals surface area contributed by atoms with Crippen molar-refractivity contribution >= 4 is 11.6 Å². The van der Waals surface area contributed by atoms with Crippen molar-refractivity contribution in [3.8, 4) is 11.1 Å². The molecule has 0 fully saturated rings. The normalized spacial score (nSPS) is 12.8. The van der Waals surface area contributed by atoms with Gasteiger partial charge in [0.15, 0.2) is 0 Å². The van der Waals surface area contributed by atoms with Gasteiger partial charge in [0.2, 0.25) is 5.91 Å². The van der Waals surface area contributed by atoms with Crippen LogP contribution in [0.2, 0.25) is 0 Å². The van der Waals surface area contributed by atoms with Crippen LogP contribution in [-0.2, 0) is 24.1 Å². The van der Waals surface area contributed by atoms with Crippen molar-refractivity contribution in [3.05, 3.63) is 83.2 Å². The molecule has 3 nitrogen and oxygen atoms in total. The minimum atomic E-state index is 0.0682. The highest BCUT2D eigenvalue weighted by Crippen LogP contribution is 2.31. The zero-order valence-corrected chi connectivity index (χ0v) is 14.3. The van der Waals surface area contributed by atoms with E-state index in [0.717, 1.165) is 40.9 Å².